The second-order valence-corrected chi connectivity index (χ2v) is 8.12. The zero-order chi connectivity index (χ0) is 19.6. The Bertz CT molecular complexity index is 839. The number of piperidine rings is 1. The molecule has 1 N–H and O–H groups in total. The summed E-state index contributed by atoms with van der Waals surface area (Å²) in [5.74, 6) is 0.259. The molecule has 2 aromatic heterocycles. The Hall–Kier alpha value is -2.76. The van der Waals surface area contributed by atoms with Gasteiger partial charge in [-0.25, -0.2) is 0 Å². The van der Waals surface area contributed by atoms with E-state index in [-0.39, 0.29) is 17.4 Å². The highest BCUT2D eigenvalue weighted by Gasteiger charge is 2.33. The maximum Gasteiger partial charge on any atom is 0.272 e. The Balaban J connectivity index is 1.33. The van der Waals surface area contributed by atoms with Crippen molar-refractivity contribution in [2.24, 2.45) is 0 Å². The average molecular weight is 378 g/mol. The summed E-state index contributed by atoms with van der Waals surface area (Å²) in [7, 11) is 0. The van der Waals surface area contributed by atoms with E-state index >= 15 is 0 Å². The highest BCUT2D eigenvalue weighted by molar-refractivity contribution is 5.94. The molecule has 0 atom stereocenters. The van der Waals surface area contributed by atoms with Crippen molar-refractivity contribution in [2.45, 2.75) is 50.5 Å². The van der Waals surface area contributed by atoms with Crippen LogP contribution in [0.5, 0.6) is 0 Å². The second kappa shape index (κ2) is 7.70. The van der Waals surface area contributed by atoms with Gasteiger partial charge in [0.05, 0.1) is 5.56 Å². The van der Waals surface area contributed by atoms with E-state index in [9.17, 15) is 9.59 Å². The van der Waals surface area contributed by atoms with E-state index in [1.54, 1.807) is 18.5 Å². The SMILES string of the molecule is CC1(NC(=O)c2ccc(C3CCN(C(=O)c4ccccn4)CC3)nc2)CCC1. The summed E-state index contributed by atoms with van der Waals surface area (Å²) in [4.78, 5) is 35.5. The lowest BCUT2D eigenvalue weighted by atomic mass is 9.78. The molecule has 0 bridgehead atoms. The number of nitrogens with zero attached hydrogens (tertiary/aromatic N) is 3. The van der Waals surface area contributed by atoms with Crippen molar-refractivity contribution in [1.82, 2.24) is 20.2 Å². The molecule has 0 aromatic carbocycles. The van der Waals surface area contributed by atoms with Crippen LogP contribution in [0.4, 0.5) is 0 Å². The van der Waals surface area contributed by atoms with E-state index in [1.807, 2.05) is 29.2 Å². The molecule has 6 nitrogen and oxygen atoms in total. The molecule has 1 aliphatic heterocycles. The lowest BCUT2D eigenvalue weighted by Crippen LogP contribution is -2.50. The fourth-order valence-corrected chi connectivity index (χ4v) is 3.99. The molecule has 0 unspecified atom stereocenters. The number of carbonyl (C=O) groups is 2. The summed E-state index contributed by atoms with van der Waals surface area (Å²) in [5, 5.41) is 3.11. The molecule has 2 amide bonds. The summed E-state index contributed by atoms with van der Waals surface area (Å²) in [6.45, 7) is 3.49. The third kappa shape index (κ3) is 3.91. The van der Waals surface area contributed by atoms with Gasteiger partial charge in [0.25, 0.3) is 11.8 Å². The Labute approximate surface area is 165 Å². The van der Waals surface area contributed by atoms with Crippen LogP contribution in [-0.4, -0.2) is 45.3 Å². The zero-order valence-electron chi connectivity index (χ0n) is 16.2. The Morgan fingerprint density at radius 3 is 2.46 bits per heavy atom. The van der Waals surface area contributed by atoms with Crippen molar-refractivity contribution < 1.29 is 9.59 Å². The standard InChI is InChI=1S/C22H26N4O2/c1-22(10-4-11-22)25-20(27)17-6-7-18(24-15-17)16-8-13-26(14-9-16)21(28)19-5-2-3-12-23-19/h2-3,5-7,12,15-16H,4,8-11,13-14H2,1H3,(H,25,27). The molecule has 0 spiro atoms. The van der Waals surface area contributed by atoms with Gasteiger partial charge >= 0.3 is 0 Å². The van der Waals surface area contributed by atoms with Crippen molar-refractivity contribution >= 4 is 11.8 Å². The molecule has 28 heavy (non-hydrogen) atoms. The first-order chi connectivity index (χ1) is 13.5. The van der Waals surface area contributed by atoms with Gasteiger partial charge in [-0.05, 0) is 63.3 Å². The number of rotatable bonds is 4. The maximum atomic E-state index is 12.5. The minimum absolute atomic E-state index is 0.0106. The van der Waals surface area contributed by atoms with Crippen LogP contribution >= 0.6 is 0 Å². The van der Waals surface area contributed by atoms with Gasteiger partial charge in [0.2, 0.25) is 0 Å². The molecule has 1 saturated carbocycles. The highest BCUT2D eigenvalue weighted by atomic mass is 16.2. The van der Waals surface area contributed by atoms with Crippen LogP contribution in [0.25, 0.3) is 0 Å². The van der Waals surface area contributed by atoms with Crippen molar-refractivity contribution in [2.75, 3.05) is 13.1 Å². The van der Waals surface area contributed by atoms with Gasteiger partial charge < -0.3 is 10.2 Å². The molecule has 6 heteroatoms. The number of likely N-dealkylation sites (tertiary alicyclic amines) is 1. The monoisotopic (exact) mass is 378 g/mol. The Morgan fingerprint density at radius 1 is 1.11 bits per heavy atom. The first-order valence-corrected chi connectivity index (χ1v) is 10.0. The van der Waals surface area contributed by atoms with E-state index in [4.69, 9.17) is 0 Å². The molecule has 146 valence electrons. The summed E-state index contributed by atoms with van der Waals surface area (Å²) < 4.78 is 0. The van der Waals surface area contributed by atoms with Gasteiger partial charge in [-0.2, -0.15) is 0 Å². The van der Waals surface area contributed by atoms with Gasteiger partial charge in [0.1, 0.15) is 5.69 Å². The Kier molecular flexibility index (Phi) is 5.11. The Morgan fingerprint density at radius 2 is 1.89 bits per heavy atom. The van der Waals surface area contributed by atoms with Crippen LogP contribution in [-0.2, 0) is 0 Å². The van der Waals surface area contributed by atoms with Gasteiger partial charge in [0.15, 0.2) is 0 Å². The molecule has 2 aromatic rings. The van der Waals surface area contributed by atoms with Gasteiger partial charge in [-0.3, -0.25) is 19.6 Å². The van der Waals surface area contributed by atoms with Crippen LogP contribution in [0.3, 0.4) is 0 Å². The first-order valence-electron chi connectivity index (χ1n) is 10.0. The molecule has 2 aliphatic rings. The van der Waals surface area contributed by atoms with Crippen LogP contribution < -0.4 is 5.32 Å². The van der Waals surface area contributed by atoms with Crippen LogP contribution in [0.2, 0.25) is 0 Å². The highest BCUT2D eigenvalue weighted by Crippen LogP contribution is 2.31. The van der Waals surface area contributed by atoms with E-state index < -0.39 is 0 Å². The molecular weight excluding hydrogens is 352 g/mol. The largest absolute Gasteiger partial charge is 0.347 e. The first kappa shape index (κ1) is 18.6. The second-order valence-electron chi connectivity index (χ2n) is 8.12. The van der Waals surface area contributed by atoms with Crippen molar-refractivity contribution in [1.29, 1.82) is 0 Å². The minimum atomic E-state index is -0.0528. The number of hydrogen-bond acceptors (Lipinski definition) is 4. The fourth-order valence-electron chi connectivity index (χ4n) is 3.99. The number of nitrogens with one attached hydrogen (secondary N) is 1. The average Bonchev–Trinajstić information content (AvgIpc) is 2.73. The molecule has 2 fully saturated rings. The van der Waals surface area contributed by atoms with Crippen molar-refractivity contribution in [3.8, 4) is 0 Å². The molecule has 4 rings (SSSR count). The predicted octanol–water partition coefficient (Wildman–Crippen LogP) is 3.17. The molecule has 3 heterocycles. The summed E-state index contributed by atoms with van der Waals surface area (Å²) in [5.41, 5.74) is 2.05. The van der Waals surface area contributed by atoms with Gasteiger partial charge in [0, 0.05) is 42.6 Å². The quantitative estimate of drug-likeness (QED) is 0.887. The van der Waals surface area contributed by atoms with E-state index in [0.717, 1.165) is 31.4 Å². The van der Waals surface area contributed by atoms with Gasteiger partial charge in [-0.1, -0.05) is 6.07 Å². The molecule has 1 saturated heterocycles. The van der Waals surface area contributed by atoms with Gasteiger partial charge in [-0.15, -0.1) is 0 Å². The lowest BCUT2D eigenvalue weighted by molar-refractivity contribution is 0.0705. The number of amides is 2. The van der Waals surface area contributed by atoms with Crippen molar-refractivity contribution in [3.05, 3.63) is 59.7 Å². The fraction of sp³-hybridized carbons (Fsp3) is 0.455. The smallest absolute Gasteiger partial charge is 0.272 e. The van der Waals surface area contributed by atoms with E-state index in [2.05, 4.69) is 22.2 Å². The normalized spacial score (nSPS) is 19.0. The van der Waals surface area contributed by atoms with Crippen LogP contribution in [0.15, 0.2) is 42.7 Å². The van der Waals surface area contributed by atoms with E-state index in [0.29, 0.717) is 30.3 Å². The molecular formula is C22H26N4O2. The number of hydrogen-bond donors (Lipinski definition) is 1. The molecule has 0 radical (unpaired) electrons. The number of carbonyl (C=O) groups excluding carboxylic acids is 2. The third-order valence-electron chi connectivity index (χ3n) is 6.01. The molecule has 1 aliphatic carbocycles. The number of aromatic nitrogens is 2. The summed E-state index contributed by atoms with van der Waals surface area (Å²) >= 11 is 0. The summed E-state index contributed by atoms with van der Waals surface area (Å²) in [6, 6.07) is 9.22. The topological polar surface area (TPSA) is 75.2 Å². The predicted molar refractivity (Wildman–Crippen MR) is 106 cm³/mol. The minimum Gasteiger partial charge on any atom is -0.347 e. The maximum absolute atomic E-state index is 12.5. The van der Waals surface area contributed by atoms with Crippen molar-refractivity contribution in [3.63, 3.8) is 0 Å². The van der Waals surface area contributed by atoms with Crippen LogP contribution in [0.1, 0.15) is 71.5 Å². The van der Waals surface area contributed by atoms with Crippen LogP contribution in [0, 0.1) is 0 Å². The number of pyridine rings is 2. The lowest BCUT2D eigenvalue weighted by Gasteiger charge is -2.39. The summed E-state index contributed by atoms with van der Waals surface area (Å²) in [6.07, 6.45) is 8.32. The van der Waals surface area contributed by atoms with E-state index in [1.165, 1.54) is 6.42 Å². The zero-order valence-corrected chi connectivity index (χ0v) is 16.2. The third-order valence-corrected chi connectivity index (χ3v) is 6.01.